The van der Waals surface area contributed by atoms with E-state index >= 15 is 0 Å². The smallest absolute Gasteiger partial charge is 0.248 e. The minimum absolute atomic E-state index is 0.274. The molecule has 3 aromatic carbocycles. The van der Waals surface area contributed by atoms with E-state index in [-0.39, 0.29) is 11.7 Å². The van der Waals surface area contributed by atoms with E-state index in [0.717, 1.165) is 38.8 Å². The van der Waals surface area contributed by atoms with Gasteiger partial charge in [-0.2, -0.15) is 0 Å². The van der Waals surface area contributed by atoms with Gasteiger partial charge in [0.15, 0.2) is 0 Å². The number of halogens is 2. The lowest BCUT2D eigenvalue weighted by atomic mass is 9.96. The average molecular weight is 478 g/mol. The van der Waals surface area contributed by atoms with Crippen LogP contribution in [-0.4, -0.2) is 12.5 Å². The topological polar surface area (TPSA) is 51.5 Å². The molecule has 0 saturated heterocycles. The second kappa shape index (κ2) is 9.74. The van der Waals surface area contributed by atoms with Crippen molar-refractivity contribution in [3.63, 3.8) is 0 Å². The zero-order valence-electron chi connectivity index (χ0n) is 19.5. The van der Waals surface area contributed by atoms with E-state index in [1.165, 1.54) is 18.2 Å². The Kier molecular flexibility index (Phi) is 6.75. The lowest BCUT2D eigenvalue weighted by molar-refractivity contribution is -0.111. The Balaban J connectivity index is 1.76. The Bertz CT molecular complexity index is 1400. The molecule has 0 bridgehead atoms. The van der Waals surface area contributed by atoms with Crippen LogP contribution < -0.4 is 10.1 Å². The van der Waals surface area contributed by atoms with Crippen molar-refractivity contribution in [2.75, 3.05) is 11.9 Å². The molecule has 4 aromatic rings. The number of ether oxygens (including phenoxy) is 1. The van der Waals surface area contributed by atoms with Crippen molar-refractivity contribution >= 4 is 39.7 Å². The number of benzene rings is 3. The van der Waals surface area contributed by atoms with E-state index < -0.39 is 0 Å². The van der Waals surface area contributed by atoms with Gasteiger partial charge in [-0.15, -0.1) is 0 Å². The van der Waals surface area contributed by atoms with Crippen LogP contribution in [0.1, 0.15) is 30.5 Å². The molecule has 1 aromatic heterocycles. The van der Waals surface area contributed by atoms with Crippen LogP contribution in [0.5, 0.6) is 5.75 Å². The molecule has 0 fully saturated rings. The Labute approximate surface area is 203 Å². The van der Waals surface area contributed by atoms with Crippen LogP contribution >= 0.6 is 11.6 Å². The minimum Gasteiger partial charge on any atom is -0.493 e. The maximum atomic E-state index is 13.4. The van der Waals surface area contributed by atoms with Crippen LogP contribution in [0.25, 0.3) is 27.7 Å². The van der Waals surface area contributed by atoms with Gasteiger partial charge >= 0.3 is 0 Å². The zero-order valence-corrected chi connectivity index (χ0v) is 20.2. The fraction of sp³-hybridized carbons (Fsp3) is 0.179. The SMILES string of the molecule is CCOc1c(/C(C)=C/C(=O)Nc2ccc(C)c(Cl)c2)cc2c(-c3ccc(F)cc3)coc2c1C. The van der Waals surface area contributed by atoms with Crippen LogP contribution in [0, 0.1) is 19.7 Å². The normalized spacial score (nSPS) is 11.6. The van der Waals surface area contributed by atoms with Gasteiger partial charge in [0.1, 0.15) is 17.1 Å². The zero-order chi connectivity index (χ0) is 24.4. The molecule has 1 N–H and O–H groups in total. The number of rotatable bonds is 6. The van der Waals surface area contributed by atoms with E-state index in [4.69, 9.17) is 20.8 Å². The Morgan fingerprint density at radius 2 is 1.88 bits per heavy atom. The molecule has 1 heterocycles. The van der Waals surface area contributed by atoms with Crippen LogP contribution in [0.3, 0.4) is 0 Å². The van der Waals surface area contributed by atoms with Crippen molar-refractivity contribution in [3.05, 3.63) is 88.4 Å². The number of fused-ring (bicyclic) bond motifs is 1. The lowest BCUT2D eigenvalue weighted by Gasteiger charge is -2.15. The largest absolute Gasteiger partial charge is 0.493 e. The molecule has 174 valence electrons. The van der Waals surface area contributed by atoms with Gasteiger partial charge in [-0.3, -0.25) is 4.79 Å². The predicted molar refractivity (Wildman–Crippen MR) is 136 cm³/mol. The average Bonchev–Trinajstić information content (AvgIpc) is 3.23. The first-order chi connectivity index (χ1) is 16.3. The summed E-state index contributed by atoms with van der Waals surface area (Å²) in [4.78, 5) is 12.8. The summed E-state index contributed by atoms with van der Waals surface area (Å²) in [5.74, 6) is 0.0882. The first-order valence-corrected chi connectivity index (χ1v) is 11.4. The molecule has 0 atom stereocenters. The molecule has 0 aliphatic carbocycles. The molecule has 0 saturated carbocycles. The second-order valence-electron chi connectivity index (χ2n) is 8.12. The van der Waals surface area contributed by atoms with Crippen LogP contribution in [0.2, 0.25) is 5.02 Å². The third kappa shape index (κ3) is 4.70. The summed E-state index contributed by atoms with van der Waals surface area (Å²) < 4.78 is 25.3. The van der Waals surface area contributed by atoms with Crippen molar-refractivity contribution in [1.82, 2.24) is 0 Å². The van der Waals surface area contributed by atoms with E-state index in [2.05, 4.69) is 5.32 Å². The highest BCUT2D eigenvalue weighted by Crippen LogP contribution is 2.40. The highest BCUT2D eigenvalue weighted by molar-refractivity contribution is 6.31. The number of carbonyl (C=O) groups is 1. The summed E-state index contributed by atoms with van der Waals surface area (Å²) >= 11 is 6.18. The Morgan fingerprint density at radius 3 is 2.56 bits per heavy atom. The van der Waals surface area contributed by atoms with Crippen molar-refractivity contribution in [2.45, 2.75) is 27.7 Å². The second-order valence-corrected chi connectivity index (χ2v) is 8.53. The van der Waals surface area contributed by atoms with Crippen molar-refractivity contribution in [1.29, 1.82) is 0 Å². The Morgan fingerprint density at radius 1 is 1.15 bits per heavy atom. The monoisotopic (exact) mass is 477 g/mol. The molecule has 0 aliphatic heterocycles. The Hall–Kier alpha value is -3.57. The standard InChI is InChI=1S/C28H25ClFNO3/c1-5-33-27-18(4)28-23(24(15-34-28)19-7-9-20(30)10-8-19)14-22(27)17(3)12-26(32)31-21-11-6-16(2)25(29)13-21/h6-15H,5H2,1-4H3,(H,31,32)/b17-12+. The molecule has 0 spiro atoms. The molecule has 4 nitrogen and oxygen atoms in total. The maximum Gasteiger partial charge on any atom is 0.248 e. The number of aryl methyl sites for hydroxylation is 2. The molecule has 6 heteroatoms. The summed E-state index contributed by atoms with van der Waals surface area (Å²) in [6.07, 6.45) is 3.20. The molecular formula is C28H25ClFNO3. The van der Waals surface area contributed by atoms with Gasteiger partial charge in [-0.05, 0) is 74.7 Å². The highest BCUT2D eigenvalue weighted by atomic mass is 35.5. The molecular weight excluding hydrogens is 453 g/mol. The molecule has 0 radical (unpaired) electrons. The first-order valence-electron chi connectivity index (χ1n) is 11.0. The molecule has 0 unspecified atom stereocenters. The van der Waals surface area contributed by atoms with Crippen LogP contribution in [0.4, 0.5) is 10.1 Å². The fourth-order valence-corrected chi connectivity index (χ4v) is 4.10. The highest BCUT2D eigenvalue weighted by Gasteiger charge is 2.19. The van der Waals surface area contributed by atoms with E-state index in [1.807, 2.05) is 45.9 Å². The van der Waals surface area contributed by atoms with Crippen molar-refractivity contribution in [3.8, 4) is 16.9 Å². The number of hydrogen-bond acceptors (Lipinski definition) is 3. The number of nitrogens with one attached hydrogen (secondary N) is 1. The van der Waals surface area contributed by atoms with Gasteiger partial charge in [-0.25, -0.2) is 4.39 Å². The van der Waals surface area contributed by atoms with Gasteiger partial charge in [0.05, 0.1) is 12.9 Å². The van der Waals surface area contributed by atoms with Gasteiger partial charge < -0.3 is 14.5 Å². The summed E-state index contributed by atoms with van der Waals surface area (Å²) in [7, 11) is 0. The van der Waals surface area contributed by atoms with Crippen molar-refractivity contribution < 1.29 is 18.3 Å². The van der Waals surface area contributed by atoms with Crippen LogP contribution in [-0.2, 0) is 4.79 Å². The number of hydrogen-bond donors (Lipinski definition) is 1. The first kappa shape index (κ1) is 23.6. The van der Waals surface area contributed by atoms with E-state index in [0.29, 0.717) is 28.6 Å². The summed E-state index contributed by atoms with van der Waals surface area (Å²) in [6, 6.07) is 13.6. The van der Waals surface area contributed by atoms with Gasteiger partial charge in [-0.1, -0.05) is 29.8 Å². The van der Waals surface area contributed by atoms with E-state index in [9.17, 15) is 9.18 Å². The summed E-state index contributed by atoms with van der Waals surface area (Å²) in [5, 5.41) is 4.31. The maximum absolute atomic E-state index is 13.4. The number of anilines is 1. The molecule has 0 aliphatic rings. The van der Waals surface area contributed by atoms with Crippen molar-refractivity contribution in [2.24, 2.45) is 0 Å². The molecule has 4 rings (SSSR count). The predicted octanol–water partition coefficient (Wildman–Crippen LogP) is 7.95. The number of carbonyl (C=O) groups excluding carboxylic acids is 1. The summed E-state index contributed by atoms with van der Waals surface area (Å²) in [5.41, 5.74) is 6.28. The minimum atomic E-state index is -0.299. The van der Waals surface area contributed by atoms with E-state index in [1.54, 1.807) is 24.5 Å². The fourth-order valence-electron chi connectivity index (χ4n) is 3.92. The van der Waals surface area contributed by atoms with Crippen LogP contribution in [0.15, 0.2) is 65.3 Å². The number of amides is 1. The molecule has 34 heavy (non-hydrogen) atoms. The molecule has 1 amide bonds. The third-order valence-corrected chi connectivity index (χ3v) is 6.11. The third-order valence-electron chi connectivity index (χ3n) is 5.70. The lowest BCUT2D eigenvalue weighted by Crippen LogP contribution is -2.09. The van der Waals surface area contributed by atoms with Gasteiger partial charge in [0.2, 0.25) is 5.91 Å². The van der Waals surface area contributed by atoms with Gasteiger partial charge in [0.25, 0.3) is 0 Å². The number of furan rings is 1. The number of allylic oxidation sites excluding steroid dienone is 1. The van der Waals surface area contributed by atoms with Gasteiger partial charge in [0, 0.05) is 38.9 Å². The quantitative estimate of drug-likeness (QED) is 0.287. The summed E-state index contributed by atoms with van der Waals surface area (Å²) in [6.45, 7) is 8.07.